The van der Waals surface area contributed by atoms with Crippen LogP contribution in [0.4, 0.5) is 5.82 Å². The van der Waals surface area contributed by atoms with Crippen LogP contribution in [0.3, 0.4) is 0 Å². The van der Waals surface area contributed by atoms with Crippen molar-refractivity contribution in [1.29, 1.82) is 0 Å². The standard InChI is InChI=1S/C10H12BrN5O/c11-3-7-4-17-2-1-16(7)10-8-9(13-5-12-8)14-6-15-10/h5-7H,1-4H2,(H,12,13,14,15). The Morgan fingerprint density at radius 1 is 1.47 bits per heavy atom. The number of hydrogen-bond acceptors (Lipinski definition) is 5. The lowest BCUT2D eigenvalue weighted by Crippen LogP contribution is -2.47. The maximum atomic E-state index is 5.48. The van der Waals surface area contributed by atoms with Crippen molar-refractivity contribution in [3.8, 4) is 0 Å². The molecule has 90 valence electrons. The number of anilines is 1. The molecule has 0 aliphatic carbocycles. The SMILES string of the molecule is BrCC1COCCN1c1ncnc2nc[nH]c12. The number of nitrogens with one attached hydrogen (secondary N) is 1. The zero-order valence-electron chi connectivity index (χ0n) is 9.14. The van der Waals surface area contributed by atoms with Crippen molar-refractivity contribution < 1.29 is 4.74 Å². The van der Waals surface area contributed by atoms with Gasteiger partial charge in [-0.05, 0) is 0 Å². The summed E-state index contributed by atoms with van der Waals surface area (Å²) >= 11 is 3.51. The molecule has 1 atom stereocenters. The van der Waals surface area contributed by atoms with Crippen LogP contribution in [-0.2, 0) is 4.74 Å². The van der Waals surface area contributed by atoms with E-state index >= 15 is 0 Å². The number of morpholine rings is 1. The van der Waals surface area contributed by atoms with Crippen LogP contribution >= 0.6 is 15.9 Å². The zero-order valence-corrected chi connectivity index (χ0v) is 10.7. The number of imidazole rings is 1. The third kappa shape index (κ3) is 1.89. The number of aromatic nitrogens is 4. The van der Waals surface area contributed by atoms with Gasteiger partial charge in [-0.1, -0.05) is 15.9 Å². The van der Waals surface area contributed by atoms with Gasteiger partial charge < -0.3 is 14.6 Å². The molecule has 2 aromatic rings. The second-order valence-corrected chi connectivity index (χ2v) is 4.52. The van der Waals surface area contributed by atoms with E-state index in [2.05, 4.69) is 40.8 Å². The van der Waals surface area contributed by atoms with E-state index in [4.69, 9.17) is 4.74 Å². The third-order valence-corrected chi connectivity index (χ3v) is 3.63. The number of alkyl halides is 1. The maximum Gasteiger partial charge on any atom is 0.182 e. The summed E-state index contributed by atoms with van der Waals surface area (Å²) in [6, 6.07) is 0.296. The van der Waals surface area contributed by atoms with E-state index in [1.807, 2.05) is 0 Å². The second-order valence-electron chi connectivity index (χ2n) is 3.87. The predicted molar refractivity (Wildman–Crippen MR) is 67.4 cm³/mol. The van der Waals surface area contributed by atoms with Crippen molar-refractivity contribution in [2.75, 3.05) is 30.0 Å². The topological polar surface area (TPSA) is 66.9 Å². The fourth-order valence-corrected chi connectivity index (χ4v) is 2.57. The van der Waals surface area contributed by atoms with Crippen LogP contribution < -0.4 is 4.90 Å². The van der Waals surface area contributed by atoms with Gasteiger partial charge in [0.15, 0.2) is 11.5 Å². The summed E-state index contributed by atoms with van der Waals surface area (Å²) in [5.74, 6) is 0.903. The molecule has 1 N–H and O–H groups in total. The fraction of sp³-hybridized carbons (Fsp3) is 0.500. The summed E-state index contributed by atoms with van der Waals surface area (Å²) in [6.07, 6.45) is 3.20. The smallest absolute Gasteiger partial charge is 0.182 e. The monoisotopic (exact) mass is 297 g/mol. The fourth-order valence-electron chi connectivity index (χ4n) is 2.03. The van der Waals surface area contributed by atoms with E-state index in [9.17, 15) is 0 Å². The number of fused-ring (bicyclic) bond motifs is 1. The maximum absolute atomic E-state index is 5.48. The lowest BCUT2D eigenvalue weighted by atomic mass is 10.2. The first-order valence-corrected chi connectivity index (χ1v) is 6.56. The molecule has 0 aromatic carbocycles. The summed E-state index contributed by atoms with van der Waals surface area (Å²) in [5, 5.41) is 0.854. The Bertz CT molecular complexity index is 516. The van der Waals surface area contributed by atoms with Gasteiger partial charge in [-0.25, -0.2) is 15.0 Å². The zero-order chi connectivity index (χ0) is 11.7. The molecular formula is C10H12BrN5O. The molecule has 7 heteroatoms. The number of ether oxygens (including phenoxy) is 1. The Morgan fingerprint density at radius 3 is 3.29 bits per heavy atom. The van der Waals surface area contributed by atoms with Crippen molar-refractivity contribution in [3.63, 3.8) is 0 Å². The molecule has 0 spiro atoms. The van der Waals surface area contributed by atoms with E-state index < -0.39 is 0 Å². The molecule has 0 bridgehead atoms. The highest BCUT2D eigenvalue weighted by Gasteiger charge is 2.25. The Labute approximate surface area is 107 Å². The quantitative estimate of drug-likeness (QED) is 0.836. The lowest BCUT2D eigenvalue weighted by Gasteiger charge is -2.35. The molecule has 0 radical (unpaired) electrons. The molecule has 3 rings (SSSR count). The summed E-state index contributed by atoms with van der Waals surface area (Å²) in [6.45, 7) is 2.27. The van der Waals surface area contributed by atoms with Gasteiger partial charge in [0.25, 0.3) is 0 Å². The molecule has 0 saturated carbocycles. The number of halogens is 1. The van der Waals surface area contributed by atoms with Gasteiger partial charge >= 0.3 is 0 Å². The molecule has 1 aliphatic rings. The molecule has 1 aliphatic heterocycles. The molecule has 1 saturated heterocycles. The second kappa shape index (κ2) is 4.58. The number of hydrogen-bond donors (Lipinski definition) is 1. The van der Waals surface area contributed by atoms with Crippen molar-refractivity contribution in [3.05, 3.63) is 12.7 Å². The van der Waals surface area contributed by atoms with Gasteiger partial charge in [0.1, 0.15) is 11.8 Å². The molecule has 0 amide bonds. The summed E-state index contributed by atoms with van der Waals surface area (Å²) < 4.78 is 5.48. The minimum atomic E-state index is 0.296. The Morgan fingerprint density at radius 2 is 2.41 bits per heavy atom. The van der Waals surface area contributed by atoms with Crippen LogP contribution in [0.15, 0.2) is 12.7 Å². The van der Waals surface area contributed by atoms with Gasteiger partial charge in [-0.2, -0.15) is 0 Å². The Balaban J connectivity index is 2.04. The minimum absolute atomic E-state index is 0.296. The summed E-state index contributed by atoms with van der Waals surface area (Å²) in [5.41, 5.74) is 1.59. The predicted octanol–water partition coefficient (Wildman–Crippen LogP) is 0.953. The van der Waals surface area contributed by atoms with E-state index in [0.29, 0.717) is 18.3 Å². The highest BCUT2D eigenvalue weighted by atomic mass is 79.9. The molecular weight excluding hydrogens is 286 g/mol. The third-order valence-electron chi connectivity index (χ3n) is 2.88. The van der Waals surface area contributed by atoms with Crippen molar-refractivity contribution >= 4 is 32.9 Å². The van der Waals surface area contributed by atoms with Crippen LogP contribution in [0.5, 0.6) is 0 Å². The first-order valence-electron chi connectivity index (χ1n) is 5.44. The minimum Gasteiger partial charge on any atom is -0.377 e. The van der Waals surface area contributed by atoms with E-state index in [0.717, 1.165) is 29.8 Å². The van der Waals surface area contributed by atoms with Crippen LogP contribution in [0.1, 0.15) is 0 Å². The molecule has 1 unspecified atom stereocenters. The molecule has 1 fully saturated rings. The highest BCUT2D eigenvalue weighted by molar-refractivity contribution is 9.09. The van der Waals surface area contributed by atoms with E-state index in [-0.39, 0.29) is 0 Å². The highest BCUT2D eigenvalue weighted by Crippen LogP contribution is 2.23. The van der Waals surface area contributed by atoms with Crippen molar-refractivity contribution in [2.24, 2.45) is 0 Å². The van der Waals surface area contributed by atoms with Crippen molar-refractivity contribution in [2.45, 2.75) is 6.04 Å². The molecule has 3 heterocycles. The normalized spacial score (nSPS) is 21.0. The van der Waals surface area contributed by atoms with Gasteiger partial charge in [0.2, 0.25) is 0 Å². The van der Waals surface area contributed by atoms with Gasteiger partial charge in [-0.3, -0.25) is 0 Å². The summed E-state index contributed by atoms with van der Waals surface area (Å²) in [7, 11) is 0. The average molecular weight is 298 g/mol. The van der Waals surface area contributed by atoms with Crippen molar-refractivity contribution in [1.82, 2.24) is 19.9 Å². The van der Waals surface area contributed by atoms with Gasteiger partial charge in [0.05, 0.1) is 25.6 Å². The number of nitrogens with zero attached hydrogens (tertiary/aromatic N) is 4. The van der Waals surface area contributed by atoms with Crippen LogP contribution in [0.25, 0.3) is 11.2 Å². The summed E-state index contributed by atoms with van der Waals surface area (Å²) in [4.78, 5) is 18.0. The van der Waals surface area contributed by atoms with Crippen LogP contribution in [0, 0.1) is 0 Å². The first kappa shape index (κ1) is 10.9. The average Bonchev–Trinajstić information content (AvgIpc) is 2.86. The number of H-pyrrole nitrogens is 1. The van der Waals surface area contributed by atoms with E-state index in [1.165, 1.54) is 0 Å². The van der Waals surface area contributed by atoms with Crippen LogP contribution in [0.2, 0.25) is 0 Å². The Kier molecular flexibility index (Phi) is 2.94. The lowest BCUT2D eigenvalue weighted by molar-refractivity contribution is 0.100. The van der Waals surface area contributed by atoms with Gasteiger partial charge in [-0.15, -0.1) is 0 Å². The molecule has 2 aromatic heterocycles. The Hall–Kier alpha value is -1.21. The molecule has 6 nitrogen and oxygen atoms in total. The van der Waals surface area contributed by atoms with Gasteiger partial charge in [0, 0.05) is 11.9 Å². The van der Waals surface area contributed by atoms with Crippen LogP contribution in [-0.4, -0.2) is 51.1 Å². The van der Waals surface area contributed by atoms with E-state index in [1.54, 1.807) is 12.7 Å². The number of aromatic amines is 1. The number of rotatable bonds is 2. The largest absolute Gasteiger partial charge is 0.377 e. The first-order chi connectivity index (χ1) is 8.40. The molecule has 17 heavy (non-hydrogen) atoms.